The van der Waals surface area contributed by atoms with E-state index in [2.05, 4.69) is 32.9 Å². The van der Waals surface area contributed by atoms with Gasteiger partial charge in [-0.05, 0) is 65.6 Å². The zero-order chi connectivity index (χ0) is 30.5. The summed E-state index contributed by atoms with van der Waals surface area (Å²) in [5.41, 5.74) is 2.75. The molecule has 0 aromatic heterocycles. The molecule has 0 saturated heterocycles. The molecule has 1 aliphatic rings. The molecule has 3 aromatic carbocycles. The van der Waals surface area contributed by atoms with Crippen molar-refractivity contribution in [1.82, 2.24) is 0 Å². The summed E-state index contributed by atoms with van der Waals surface area (Å²) in [4.78, 5) is 14.7. The van der Waals surface area contributed by atoms with Gasteiger partial charge in [0.1, 0.15) is 35.2 Å². The zero-order valence-electron chi connectivity index (χ0n) is 24.7. The minimum Gasteiger partial charge on any atom is -0.511 e. The van der Waals surface area contributed by atoms with E-state index >= 15 is 0 Å². The van der Waals surface area contributed by atoms with Crippen molar-refractivity contribution in [3.8, 4) is 5.75 Å². The van der Waals surface area contributed by atoms with Crippen molar-refractivity contribution in [1.29, 1.82) is 0 Å². The van der Waals surface area contributed by atoms with Gasteiger partial charge in [-0.2, -0.15) is 8.42 Å². The SMILES string of the molecule is Cc1ccc(C(C)(C)C)c(SC2=C(O)CC(CCc3ccccc3)(c3ccc(OCCOS(C)(=O)=O)cc3)OC2=O)c1. The molecule has 0 saturated carbocycles. The summed E-state index contributed by atoms with van der Waals surface area (Å²) in [6, 6.07) is 23.2. The minimum absolute atomic E-state index is 0.00364. The molecule has 0 fully saturated rings. The van der Waals surface area contributed by atoms with Gasteiger partial charge in [0.05, 0.1) is 12.7 Å². The smallest absolute Gasteiger partial charge is 0.349 e. The number of hydrogen-bond acceptors (Lipinski definition) is 8. The number of aliphatic hydroxyl groups excluding tert-OH is 1. The average Bonchev–Trinajstić information content (AvgIpc) is 2.92. The minimum atomic E-state index is -3.54. The molecule has 1 N–H and O–H groups in total. The summed E-state index contributed by atoms with van der Waals surface area (Å²) < 4.78 is 38.9. The van der Waals surface area contributed by atoms with E-state index in [4.69, 9.17) is 13.7 Å². The van der Waals surface area contributed by atoms with Crippen LogP contribution in [0.1, 0.15) is 55.9 Å². The average molecular weight is 611 g/mol. The maximum absolute atomic E-state index is 13.6. The van der Waals surface area contributed by atoms with Gasteiger partial charge in [-0.3, -0.25) is 4.18 Å². The Hall–Kier alpha value is -3.27. The van der Waals surface area contributed by atoms with Crippen LogP contribution in [0.3, 0.4) is 0 Å². The van der Waals surface area contributed by atoms with E-state index in [1.165, 1.54) is 11.8 Å². The second kappa shape index (κ2) is 12.9. The van der Waals surface area contributed by atoms with Gasteiger partial charge in [-0.15, -0.1) is 0 Å². The van der Waals surface area contributed by atoms with Gasteiger partial charge < -0.3 is 14.6 Å². The molecular formula is C33H38O7S2. The number of hydrogen-bond donors (Lipinski definition) is 1. The van der Waals surface area contributed by atoms with Crippen molar-refractivity contribution >= 4 is 27.8 Å². The van der Waals surface area contributed by atoms with Crippen LogP contribution in [0.15, 0.2) is 88.4 Å². The van der Waals surface area contributed by atoms with Crippen LogP contribution in [0, 0.1) is 6.92 Å². The largest absolute Gasteiger partial charge is 0.511 e. The van der Waals surface area contributed by atoms with Gasteiger partial charge in [0, 0.05) is 4.90 Å². The molecule has 224 valence electrons. The number of cyclic esters (lactones) is 1. The molecule has 1 unspecified atom stereocenters. The highest BCUT2D eigenvalue weighted by atomic mass is 32.2. The third kappa shape index (κ3) is 8.18. The summed E-state index contributed by atoms with van der Waals surface area (Å²) in [6.07, 6.45) is 2.22. The molecular weight excluding hydrogens is 572 g/mol. The molecule has 1 heterocycles. The lowest BCUT2D eigenvalue weighted by Crippen LogP contribution is -2.38. The summed E-state index contributed by atoms with van der Waals surface area (Å²) in [6.45, 7) is 8.32. The highest BCUT2D eigenvalue weighted by Gasteiger charge is 2.44. The van der Waals surface area contributed by atoms with Crippen LogP contribution in [0.5, 0.6) is 5.75 Å². The molecule has 3 aromatic rings. The Kier molecular flexibility index (Phi) is 9.75. The van der Waals surface area contributed by atoms with Crippen LogP contribution in [-0.2, 0) is 41.3 Å². The van der Waals surface area contributed by atoms with Crippen LogP contribution >= 0.6 is 11.8 Å². The van der Waals surface area contributed by atoms with Crippen LogP contribution in [-0.4, -0.2) is 39.0 Å². The number of rotatable bonds is 11. The number of carbonyl (C=O) groups excluding carboxylic acids is 1. The second-order valence-corrected chi connectivity index (χ2v) is 14.3. The third-order valence-corrected chi connectivity index (χ3v) is 8.79. The van der Waals surface area contributed by atoms with E-state index in [0.717, 1.165) is 33.4 Å². The second-order valence-electron chi connectivity index (χ2n) is 11.6. The van der Waals surface area contributed by atoms with E-state index in [1.807, 2.05) is 55.5 Å². The Morgan fingerprint density at radius 1 is 1.00 bits per heavy atom. The molecule has 1 atom stereocenters. The predicted molar refractivity (Wildman–Crippen MR) is 165 cm³/mol. The maximum atomic E-state index is 13.6. The highest BCUT2D eigenvalue weighted by molar-refractivity contribution is 8.04. The Morgan fingerprint density at radius 2 is 1.69 bits per heavy atom. The topological polar surface area (TPSA) is 99.1 Å². The predicted octanol–water partition coefficient (Wildman–Crippen LogP) is 6.98. The monoisotopic (exact) mass is 610 g/mol. The summed E-state index contributed by atoms with van der Waals surface area (Å²) >= 11 is 1.25. The molecule has 42 heavy (non-hydrogen) atoms. The van der Waals surface area contributed by atoms with E-state index in [1.54, 1.807) is 12.1 Å². The first-order chi connectivity index (χ1) is 19.8. The summed E-state index contributed by atoms with van der Waals surface area (Å²) in [5.74, 6) is -0.0401. The Labute approximate surface area is 253 Å². The number of aliphatic hydroxyl groups is 1. The van der Waals surface area contributed by atoms with E-state index in [-0.39, 0.29) is 35.7 Å². The standard InChI is InChI=1S/C33H38O7S2/c1-23-11-16-27(32(2,3)4)29(21-23)41-30-28(34)22-33(40-31(30)35,18-17-24-9-7-6-8-10-24)25-12-14-26(15-13-25)38-19-20-39-42(5,36)37/h6-16,21,34H,17-20,22H2,1-5H3. The molecule has 0 bridgehead atoms. The maximum Gasteiger partial charge on any atom is 0.349 e. The quantitative estimate of drug-likeness (QED) is 0.141. The van der Waals surface area contributed by atoms with Gasteiger partial charge in [-0.1, -0.05) is 87.1 Å². The molecule has 7 nitrogen and oxygen atoms in total. The molecule has 1 aliphatic heterocycles. The highest BCUT2D eigenvalue weighted by Crippen LogP contribution is 2.46. The van der Waals surface area contributed by atoms with Gasteiger partial charge in [0.15, 0.2) is 0 Å². The number of benzene rings is 3. The number of ether oxygens (including phenoxy) is 2. The zero-order valence-corrected chi connectivity index (χ0v) is 26.3. The number of thioether (sulfide) groups is 1. The Bertz CT molecular complexity index is 1540. The molecule has 4 rings (SSSR count). The fourth-order valence-electron chi connectivity index (χ4n) is 4.91. The summed E-state index contributed by atoms with van der Waals surface area (Å²) in [7, 11) is -3.54. The van der Waals surface area contributed by atoms with Crippen molar-refractivity contribution in [3.63, 3.8) is 0 Å². The molecule has 0 aliphatic carbocycles. The number of esters is 1. The number of aryl methyl sites for hydroxylation is 2. The fraction of sp³-hybridized carbons (Fsp3) is 0.364. The summed E-state index contributed by atoms with van der Waals surface area (Å²) in [5, 5.41) is 11.4. The van der Waals surface area contributed by atoms with E-state index in [9.17, 15) is 18.3 Å². The van der Waals surface area contributed by atoms with Crippen LogP contribution in [0.25, 0.3) is 0 Å². The Balaban J connectivity index is 1.62. The lowest BCUT2D eigenvalue weighted by Gasteiger charge is -2.38. The van der Waals surface area contributed by atoms with Crippen molar-refractivity contribution in [3.05, 3.63) is 106 Å². The van der Waals surface area contributed by atoms with Crippen molar-refractivity contribution in [2.24, 2.45) is 0 Å². The number of carbonyl (C=O) groups is 1. The molecule has 9 heteroatoms. The van der Waals surface area contributed by atoms with Crippen molar-refractivity contribution in [2.75, 3.05) is 19.5 Å². The van der Waals surface area contributed by atoms with Gasteiger partial charge in [0.2, 0.25) is 0 Å². The van der Waals surface area contributed by atoms with Crippen LogP contribution in [0.2, 0.25) is 0 Å². The van der Waals surface area contributed by atoms with Gasteiger partial charge in [-0.25, -0.2) is 4.79 Å². The van der Waals surface area contributed by atoms with E-state index < -0.39 is 21.7 Å². The molecule has 0 amide bonds. The van der Waals surface area contributed by atoms with Gasteiger partial charge in [0.25, 0.3) is 10.1 Å². The molecule has 0 radical (unpaired) electrons. The first kappa shape index (κ1) is 31.7. The van der Waals surface area contributed by atoms with Crippen LogP contribution in [0.4, 0.5) is 0 Å². The fourth-order valence-corrected chi connectivity index (χ4v) is 6.54. The van der Waals surface area contributed by atoms with Crippen LogP contribution < -0.4 is 4.74 Å². The van der Waals surface area contributed by atoms with Crippen molar-refractivity contribution < 1.29 is 32.0 Å². The lowest BCUT2D eigenvalue weighted by molar-refractivity contribution is -0.160. The molecule has 0 spiro atoms. The first-order valence-corrected chi connectivity index (χ1v) is 16.5. The lowest BCUT2D eigenvalue weighted by atomic mass is 9.82. The normalized spacial score (nSPS) is 17.7. The first-order valence-electron chi connectivity index (χ1n) is 13.8. The third-order valence-electron chi connectivity index (χ3n) is 7.04. The van der Waals surface area contributed by atoms with Crippen molar-refractivity contribution in [2.45, 2.75) is 62.9 Å². The Morgan fingerprint density at radius 3 is 2.31 bits per heavy atom. The van der Waals surface area contributed by atoms with Gasteiger partial charge >= 0.3 is 5.97 Å². The van der Waals surface area contributed by atoms with E-state index in [0.29, 0.717) is 18.6 Å².